The summed E-state index contributed by atoms with van der Waals surface area (Å²) in [6.45, 7) is 9.54. The summed E-state index contributed by atoms with van der Waals surface area (Å²) in [6.07, 6.45) is 1.06. The molecular formula is C16H25FN2O. The van der Waals surface area contributed by atoms with Gasteiger partial charge in [-0.2, -0.15) is 0 Å². The molecule has 1 saturated heterocycles. The predicted octanol–water partition coefficient (Wildman–Crippen LogP) is 2.67. The molecule has 0 aliphatic carbocycles. The van der Waals surface area contributed by atoms with Crippen LogP contribution in [-0.4, -0.2) is 39.4 Å². The molecule has 0 spiro atoms. The van der Waals surface area contributed by atoms with Gasteiger partial charge in [0.05, 0.1) is 6.61 Å². The third-order valence-corrected chi connectivity index (χ3v) is 4.02. The van der Waals surface area contributed by atoms with Crippen LogP contribution in [0.15, 0.2) is 24.3 Å². The summed E-state index contributed by atoms with van der Waals surface area (Å²) >= 11 is 0. The van der Waals surface area contributed by atoms with Crippen molar-refractivity contribution in [3.05, 3.63) is 30.1 Å². The average molecular weight is 280 g/mol. The zero-order chi connectivity index (χ0) is 14.4. The Labute approximate surface area is 121 Å². The predicted molar refractivity (Wildman–Crippen MR) is 80.7 cm³/mol. The lowest BCUT2D eigenvalue weighted by Crippen LogP contribution is -2.45. The van der Waals surface area contributed by atoms with Gasteiger partial charge in [0.2, 0.25) is 0 Å². The minimum absolute atomic E-state index is 0.137. The molecule has 1 aromatic carbocycles. The quantitative estimate of drug-likeness (QED) is 0.831. The van der Waals surface area contributed by atoms with Gasteiger partial charge in [-0.1, -0.05) is 13.0 Å². The second kappa shape index (κ2) is 7.04. The minimum Gasteiger partial charge on any atom is -0.381 e. The zero-order valence-electron chi connectivity index (χ0n) is 12.5. The van der Waals surface area contributed by atoms with Crippen molar-refractivity contribution in [2.75, 3.05) is 44.3 Å². The lowest BCUT2D eigenvalue weighted by atomic mass is 9.86. The second-order valence-corrected chi connectivity index (χ2v) is 5.58. The fraction of sp³-hybridized carbons (Fsp3) is 0.625. The number of halogens is 1. The lowest BCUT2D eigenvalue weighted by Gasteiger charge is -2.35. The van der Waals surface area contributed by atoms with Gasteiger partial charge in [-0.25, -0.2) is 4.39 Å². The Morgan fingerprint density at radius 2 is 2.25 bits per heavy atom. The van der Waals surface area contributed by atoms with Crippen molar-refractivity contribution < 1.29 is 9.13 Å². The van der Waals surface area contributed by atoms with Crippen LogP contribution in [0.5, 0.6) is 0 Å². The minimum atomic E-state index is -0.177. The Morgan fingerprint density at radius 1 is 1.40 bits per heavy atom. The van der Waals surface area contributed by atoms with Crippen molar-refractivity contribution in [3.63, 3.8) is 0 Å². The van der Waals surface area contributed by atoms with Crippen LogP contribution in [0.1, 0.15) is 20.3 Å². The summed E-state index contributed by atoms with van der Waals surface area (Å²) < 4.78 is 19.0. The first-order valence-corrected chi connectivity index (χ1v) is 7.48. The van der Waals surface area contributed by atoms with E-state index in [2.05, 4.69) is 24.1 Å². The number of benzene rings is 1. The fourth-order valence-corrected chi connectivity index (χ4v) is 2.82. The van der Waals surface area contributed by atoms with Gasteiger partial charge in [-0.15, -0.1) is 0 Å². The molecule has 0 aromatic heterocycles. The van der Waals surface area contributed by atoms with Crippen molar-refractivity contribution in [3.8, 4) is 0 Å². The van der Waals surface area contributed by atoms with Crippen LogP contribution in [0.25, 0.3) is 0 Å². The molecule has 1 aliphatic rings. The van der Waals surface area contributed by atoms with Crippen LogP contribution in [0.2, 0.25) is 0 Å². The van der Waals surface area contributed by atoms with E-state index < -0.39 is 0 Å². The highest BCUT2D eigenvalue weighted by Gasteiger charge is 2.36. The van der Waals surface area contributed by atoms with E-state index in [1.807, 2.05) is 6.07 Å². The van der Waals surface area contributed by atoms with Gasteiger partial charge in [-0.3, -0.25) is 0 Å². The van der Waals surface area contributed by atoms with Gasteiger partial charge in [0.25, 0.3) is 0 Å². The van der Waals surface area contributed by atoms with Crippen LogP contribution in [-0.2, 0) is 4.74 Å². The zero-order valence-corrected chi connectivity index (χ0v) is 12.5. The number of nitrogens with zero attached hydrogens (tertiary/aromatic N) is 1. The highest BCUT2D eigenvalue weighted by molar-refractivity contribution is 5.46. The van der Waals surface area contributed by atoms with E-state index in [1.165, 1.54) is 6.07 Å². The Balaban J connectivity index is 2.10. The summed E-state index contributed by atoms with van der Waals surface area (Å²) in [7, 11) is 0. The van der Waals surface area contributed by atoms with Crippen LogP contribution in [0.4, 0.5) is 10.1 Å². The Morgan fingerprint density at radius 3 is 2.85 bits per heavy atom. The lowest BCUT2D eigenvalue weighted by molar-refractivity contribution is 0.152. The number of nitrogens with one attached hydrogen (secondary N) is 1. The van der Waals surface area contributed by atoms with Gasteiger partial charge in [-0.05, 0) is 38.1 Å². The molecule has 20 heavy (non-hydrogen) atoms. The number of hydrogen-bond donors (Lipinski definition) is 1. The normalized spacial score (nSPS) is 22.1. The van der Waals surface area contributed by atoms with Crippen LogP contribution < -0.4 is 10.2 Å². The molecular weight excluding hydrogens is 255 g/mol. The van der Waals surface area contributed by atoms with E-state index in [-0.39, 0.29) is 11.2 Å². The summed E-state index contributed by atoms with van der Waals surface area (Å²) in [5.74, 6) is -0.177. The standard InChI is InChI=1S/C16H25FN2O/c1-3-18-11-16(8-9-20-13-16)12-19(4-2)15-7-5-6-14(17)10-15/h5-7,10,18H,3-4,8-9,11-13H2,1-2H3. The number of rotatable bonds is 7. The third-order valence-electron chi connectivity index (χ3n) is 4.02. The molecule has 2 rings (SSSR count). The number of ether oxygens (including phenoxy) is 1. The van der Waals surface area contributed by atoms with Crippen molar-refractivity contribution >= 4 is 5.69 Å². The molecule has 4 heteroatoms. The van der Waals surface area contributed by atoms with E-state index in [9.17, 15) is 4.39 Å². The molecule has 0 radical (unpaired) electrons. The first-order valence-electron chi connectivity index (χ1n) is 7.48. The van der Waals surface area contributed by atoms with Gasteiger partial charge >= 0.3 is 0 Å². The van der Waals surface area contributed by atoms with Crippen molar-refractivity contribution in [2.45, 2.75) is 20.3 Å². The van der Waals surface area contributed by atoms with Crippen molar-refractivity contribution in [2.24, 2.45) is 5.41 Å². The van der Waals surface area contributed by atoms with E-state index >= 15 is 0 Å². The summed E-state index contributed by atoms with van der Waals surface area (Å²) in [6, 6.07) is 6.85. The molecule has 112 valence electrons. The topological polar surface area (TPSA) is 24.5 Å². The first kappa shape index (κ1) is 15.3. The third kappa shape index (κ3) is 3.70. The van der Waals surface area contributed by atoms with E-state index in [1.54, 1.807) is 12.1 Å². The number of anilines is 1. The monoisotopic (exact) mass is 280 g/mol. The van der Waals surface area contributed by atoms with Gasteiger partial charge < -0.3 is 15.0 Å². The van der Waals surface area contributed by atoms with E-state index in [0.29, 0.717) is 0 Å². The number of hydrogen-bond acceptors (Lipinski definition) is 3. The van der Waals surface area contributed by atoms with Gasteiger partial charge in [0, 0.05) is 37.3 Å². The maximum Gasteiger partial charge on any atom is 0.125 e. The fourth-order valence-electron chi connectivity index (χ4n) is 2.82. The molecule has 1 aromatic rings. The second-order valence-electron chi connectivity index (χ2n) is 5.58. The van der Waals surface area contributed by atoms with E-state index in [0.717, 1.165) is 51.5 Å². The molecule has 1 heterocycles. The average Bonchev–Trinajstić information content (AvgIpc) is 2.92. The molecule has 1 aliphatic heterocycles. The van der Waals surface area contributed by atoms with Gasteiger partial charge in [0.1, 0.15) is 5.82 Å². The molecule has 1 N–H and O–H groups in total. The van der Waals surface area contributed by atoms with Crippen LogP contribution >= 0.6 is 0 Å². The van der Waals surface area contributed by atoms with Crippen LogP contribution in [0, 0.1) is 11.2 Å². The molecule has 1 fully saturated rings. The maximum absolute atomic E-state index is 13.4. The highest BCUT2D eigenvalue weighted by Crippen LogP contribution is 2.31. The van der Waals surface area contributed by atoms with Crippen LogP contribution in [0.3, 0.4) is 0 Å². The van der Waals surface area contributed by atoms with Crippen molar-refractivity contribution in [1.29, 1.82) is 0 Å². The largest absolute Gasteiger partial charge is 0.381 e. The maximum atomic E-state index is 13.4. The van der Waals surface area contributed by atoms with Crippen molar-refractivity contribution in [1.82, 2.24) is 5.32 Å². The molecule has 1 atom stereocenters. The summed E-state index contributed by atoms with van der Waals surface area (Å²) in [5, 5.41) is 3.44. The molecule has 3 nitrogen and oxygen atoms in total. The Kier molecular flexibility index (Phi) is 5.38. The Bertz CT molecular complexity index is 419. The SMILES string of the molecule is CCNCC1(CN(CC)c2cccc(F)c2)CCOC1. The molecule has 0 bridgehead atoms. The molecule has 0 saturated carbocycles. The molecule has 0 amide bonds. The first-order chi connectivity index (χ1) is 9.69. The molecule has 1 unspecified atom stereocenters. The van der Waals surface area contributed by atoms with E-state index in [4.69, 9.17) is 4.74 Å². The van der Waals surface area contributed by atoms with Gasteiger partial charge in [0.15, 0.2) is 0 Å². The highest BCUT2D eigenvalue weighted by atomic mass is 19.1. The smallest absolute Gasteiger partial charge is 0.125 e. The summed E-state index contributed by atoms with van der Waals surface area (Å²) in [5.41, 5.74) is 1.09. The summed E-state index contributed by atoms with van der Waals surface area (Å²) in [4.78, 5) is 2.25. The Hall–Kier alpha value is -1.13.